The highest BCUT2D eigenvalue weighted by Gasteiger charge is 2.28. The predicted molar refractivity (Wildman–Crippen MR) is 96.2 cm³/mol. The minimum Gasteiger partial charge on any atom is -0.468 e. The van der Waals surface area contributed by atoms with Crippen LogP contribution in [-0.4, -0.2) is 36.3 Å². The molecule has 0 spiro atoms. The van der Waals surface area contributed by atoms with Crippen molar-refractivity contribution in [2.24, 2.45) is 0 Å². The molecule has 0 atom stereocenters. The molecule has 2 aromatic rings. The van der Waals surface area contributed by atoms with E-state index in [1.54, 1.807) is 0 Å². The molecular formula is C16H10Cl3F3N2O4. The number of esters is 1. The van der Waals surface area contributed by atoms with Crippen LogP contribution < -0.4 is 10.1 Å². The van der Waals surface area contributed by atoms with Crippen molar-refractivity contribution < 1.29 is 32.2 Å². The molecule has 0 aliphatic heterocycles. The fourth-order valence-electron chi connectivity index (χ4n) is 1.79. The minimum atomic E-state index is -4.51. The van der Waals surface area contributed by atoms with E-state index in [0.717, 1.165) is 18.3 Å². The van der Waals surface area contributed by atoms with Gasteiger partial charge in [0.2, 0.25) is 5.88 Å². The molecule has 0 saturated heterocycles. The van der Waals surface area contributed by atoms with Crippen LogP contribution in [0.2, 0.25) is 15.1 Å². The van der Waals surface area contributed by atoms with E-state index in [1.807, 2.05) is 0 Å². The average molecular weight is 458 g/mol. The molecule has 0 radical (unpaired) electrons. The molecule has 1 N–H and O–H groups in total. The van der Waals surface area contributed by atoms with E-state index in [9.17, 15) is 22.8 Å². The molecule has 28 heavy (non-hydrogen) atoms. The van der Waals surface area contributed by atoms with Gasteiger partial charge < -0.3 is 14.8 Å². The Morgan fingerprint density at radius 3 is 2.29 bits per heavy atom. The number of hydrogen-bond donors (Lipinski definition) is 1. The third kappa shape index (κ3) is 6.74. The lowest BCUT2D eigenvalue weighted by Gasteiger charge is -2.10. The van der Waals surface area contributed by atoms with Gasteiger partial charge in [0.1, 0.15) is 0 Å². The van der Waals surface area contributed by atoms with E-state index in [-0.39, 0.29) is 32.2 Å². The summed E-state index contributed by atoms with van der Waals surface area (Å²) >= 11 is 17.6. The van der Waals surface area contributed by atoms with Crippen molar-refractivity contribution in [1.29, 1.82) is 0 Å². The fraction of sp³-hybridized carbons (Fsp3) is 0.188. The average Bonchev–Trinajstić information content (AvgIpc) is 2.60. The Morgan fingerprint density at radius 2 is 1.75 bits per heavy atom. The third-order valence-electron chi connectivity index (χ3n) is 2.96. The van der Waals surface area contributed by atoms with Gasteiger partial charge in [-0.2, -0.15) is 13.2 Å². The summed E-state index contributed by atoms with van der Waals surface area (Å²) in [7, 11) is 0. The number of rotatable bonds is 6. The molecule has 2 rings (SSSR count). The SMILES string of the molecule is O=C(COC(=O)c1ccc(OCC(F)(F)F)nc1)Nc1c(Cl)cc(Cl)cc1Cl. The molecule has 1 amide bonds. The molecule has 0 aliphatic carbocycles. The first kappa shape index (κ1) is 22.1. The number of hydrogen-bond acceptors (Lipinski definition) is 5. The van der Waals surface area contributed by atoms with Crippen LogP contribution >= 0.6 is 34.8 Å². The number of carbonyl (C=O) groups is 2. The molecule has 0 aliphatic rings. The first-order chi connectivity index (χ1) is 13.0. The summed E-state index contributed by atoms with van der Waals surface area (Å²) in [6.07, 6.45) is -3.55. The Kier molecular flexibility index (Phi) is 7.34. The quantitative estimate of drug-likeness (QED) is 0.632. The monoisotopic (exact) mass is 456 g/mol. The zero-order valence-electron chi connectivity index (χ0n) is 13.6. The van der Waals surface area contributed by atoms with Gasteiger partial charge in [-0.05, 0) is 18.2 Å². The van der Waals surface area contributed by atoms with Crippen LogP contribution in [0.25, 0.3) is 0 Å². The van der Waals surface area contributed by atoms with Gasteiger partial charge in [0.05, 0.1) is 21.3 Å². The van der Waals surface area contributed by atoms with Gasteiger partial charge in [-0.3, -0.25) is 4.79 Å². The van der Waals surface area contributed by atoms with E-state index >= 15 is 0 Å². The Balaban J connectivity index is 1.89. The number of halogens is 6. The lowest BCUT2D eigenvalue weighted by molar-refractivity contribution is -0.154. The van der Waals surface area contributed by atoms with Gasteiger partial charge in [0, 0.05) is 17.3 Å². The molecule has 6 nitrogen and oxygen atoms in total. The van der Waals surface area contributed by atoms with E-state index in [2.05, 4.69) is 15.0 Å². The van der Waals surface area contributed by atoms with Gasteiger partial charge in [-0.1, -0.05) is 34.8 Å². The topological polar surface area (TPSA) is 77.5 Å². The lowest BCUT2D eigenvalue weighted by atomic mass is 10.3. The van der Waals surface area contributed by atoms with Crippen LogP contribution in [0.15, 0.2) is 30.5 Å². The second kappa shape index (κ2) is 9.31. The maximum absolute atomic E-state index is 12.1. The number of alkyl halides is 3. The van der Waals surface area contributed by atoms with Crippen LogP contribution in [0.5, 0.6) is 5.88 Å². The van der Waals surface area contributed by atoms with Crippen LogP contribution in [0, 0.1) is 0 Å². The number of aromatic nitrogens is 1. The summed E-state index contributed by atoms with van der Waals surface area (Å²) in [5.74, 6) is -1.96. The van der Waals surface area contributed by atoms with E-state index in [1.165, 1.54) is 12.1 Å². The Bertz CT molecular complexity index is 853. The summed E-state index contributed by atoms with van der Waals surface area (Å²) in [6.45, 7) is -2.18. The highest BCUT2D eigenvalue weighted by atomic mass is 35.5. The highest BCUT2D eigenvalue weighted by molar-refractivity contribution is 6.42. The number of benzene rings is 1. The second-order valence-electron chi connectivity index (χ2n) is 5.16. The number of anilines is 1. The van der Waals surface area contributed by atoms with Crippen molar-refractivity contribution in [3.05, 3.63) is 51.1 Å². The minimum absolute atomic E-state index is 0.0882. The lowest BCUT2D eigenvalue weighted by Crippen LogP contribution is -2.21. The molecule has 1 heterocycles. The van der Waals surface area contributed by atoms with E-state index < -0.39 is 31.3 Å². The van der Waals surface area contributed by atoms with Gasteiger partial charge in [0.25, 0.3) is 5.91 Å². The van der Waals surface area contributed by atoms with Crippen LogP contribution in [0.1, 0.15) is 10.4 Å². The number of pyridine rings is 1. The summed E-state index contributed by atoms with van der Waals surface area (Å²) < 4.78 is 45.4. The number of carbonyl (C=O) groups excluding carboxylic acids is 2. The van der Waals surface area contributed by atoms with Gasteiger partial charge in [-0.15, -0.1) is 0 Å². The van der Waals surface area contributed by atoms with Crippen LogP contribution in [0.3, 0.4) is 0 Å². The van der Waals surface area contributed by atoms with Crippen molar-refractivity contribution >= 4 is 52.4 Å². The summed E-state index contributed by atoms with van der Waals surface area (Å²) in [5, 5.41) is 2.83. The second-order valence-corrected chi connectivity index (χ2v) is 6.41. The zero-order chi connectivity index (χ0) is 20.9. The molecule has 12 heteroatoms. The van der Waals surface area contributed by atoms with Crippen LogP contribution in [-0.2, 0) is 9.53 Å². The number of nitrogens with one attached hydrogen (secondary N) is 1. The molecule has 1 aromatic heterocycles. The van der Waals surface area contributed by atoms with Crippen LogP contribution in [0.4, 0.5) is 18.9 Å². The molecule has 1 aromatic carbocycles. The fourth-order valence-corrected chi connectivity index (χ4v) is 2.71. The van der Waals surface area contributed by atoms with E-state index in [4.69, 9.17) is 39.5 Å². The standard InChI is InChI=1S/C16H10Cl3F3N2O4/c17-9-3-10(18)14(11(19)4-9)24-12(25)6-27-15(26)8-1-2-13(23-5-8)28-7-16(20,21)22/h1-5H,6-7H2,(H,24,25). The van der Waals surface area contributed by atoms with Crippen molar-refractivity contribution in [1.82, 2.24) is 4.98 Å². The third-order valence-corrected chi connectivity index (χ3v) is 3.78. The largest absolute Gasteiger partial charge is 0.468 e. The first-order valence-corrected chi connectivity index (χ1v) is 8.45. The number of amides is 1. The van der Waals surface area contributed by atoms with E-state index in [0.29, 0.717) is 0 Å². The number of ether oxygens (including phenoxy) is 2. The molecular weight excluding hydrogens is 448 g/mol. The first-order valence-electron chi connectivity index (χ1n) is 7.32. The molecule has 0 saturated carbocycles. The van der Waals surface area contributed by atoms with Crippen molar-refractivity contribution in [2.45, 2.75) is 6.18 Å². The number of nitrogens with zero attached hydrogens (tertiary/aromatic N) is 1. The molecule has 0 bridgehead atoms. The molecule has 0 fully saturated rings. The van der Waals surface area contributed by atoms with Crippen molar-refractivity contribution in [3.8, 4) is 5.88 Å². The zero-order valence-corrected chi connectivity index (χ0v) is 15.9. The summed E-state index contributed by atoms with van der Waals surface area (Å²) in [5.41, 5.74) is 0.0105. The van der Waals surface area contributed by atoms with Crippen molar-refractivity contribution in [3.63, 3.8) is 0 Å². The Morgan fingerprint density at radius 1 is 1.11 bits per heavy atom. The van der Waals surface area contributed by atoms with Gasteiger partial charge in [-0.25, -0.2) is 9.78 Å². The summed E-state index contributed by atoms with van der Waals surface area (Å²) in [4.78, 5) is 27.3. The Labute approximate surface area is 171 Å². The Hall–Kier alpha value is -2.23. The van der Waals surface area contributed by atoms with Crippen molar-refractivity contribution in [2.75, 3.05) is 18.5 Å². The predicted octanol–water partition coefficient (Wildman–Crippen LogP) is 4.78. The molecule has 150 valence electrons. The maximum atomic E-state index is 12.1. The highest BCUT2D eigenvalue weighted by Crippen LogP contribution is 2.33. The van der Waals surface area contributed by atoms with Gasteiger partial charge >= 0.3 is 12.1 Å². The van der Waals surface area contributed by atoms with Gasteiger partial charge in [0.15, 0.2) is 13.2 Å². The smallest absolute Gasteiger partial charge is 0.422 e. The maximum Gasteiger partial charge on any atom is 0.422 e. The summed E-state index contributed by atoms with van der Waals surface area (Å²) in [6, 6.07) is 4.94. The normalized spacial score (nSPS) is 11.1. The molecule has 0 unspecified atom stereocenters.